The molecule has 0 bridgehead atoms. The summed E-state index contributed by atoms with van der Waals surface area (Å²) in [5.41, 5.74) is 0.500. The first-order valence-electron chi connectivity index (χ1n) is 6.65. The van der Waals surface area contributed by atoms with Gasteiger partial charge in [-0.1, -0.05) is 13.3 Å². The Hall–Kier alpha value is -2.50. The van der Waals surface area contributed by atoms with Gasteiger partial charge < -0.3 is 19.6 Å². The van der Waals surface area contributed by atoms with Crippen LogP contribution in [0.15, 0.2) is 23.0 Å². The van der Waals surface area contributed by atoms with Crippen molar-refractivity contribution in [3.05, 3.63) is 34.1 Å². The molecule has 0 radical (unpaired) electrons. The number of nitrogens with one attached hydrogen (secondary N) is 1. The second-order valence-corrected chi connectivity index (χ2v) is 4.53. The predicted molar refractivity (Wildman–Crippen MR) is 79.1 cm³/mol. The van der Waals surface area contributed by atoms with Gasteiger partial charge in [0, 0.05) is 0 Å². The second kappa shape index (κ2) is 6.30. The minimum atomic E-state index is -0.343. The average molecular weight is 290 g/mol. The lowest BCUT2D eigenvalue weighted by Gasteiger charge is -2.11. The summed E-state index contributed by atoms with van der Waals surface area (Å²) in [5.74, 6) is 1.13. The number of benzene rings is 1. The summed E-state index contributed by atoms with van der Waals surface area (Å²) in [6.07, 6.45) is 1.23. The van der Waals surface area contributed by atoms with Gasteiger partial charge in [0.15, 0.2) is 0 Å². The molecule has 0 unspecified atom stereocenters. The summed E-state index contributed by atoms with van der Waals surface area (Å²) in [4.78, 5) is 18.8. The zero-order chi connectivity index (χ0) is 15.4. The van der Waals surface area contributed by atoms with Crippen molar-refractivity contribution in [2.75, 3.05) is 14.2 Å². The number of methoxy groups -OCH3 is 2. The molecule has 1 heterocycles. The molecule has 0 saturated carbocycles. The van der Waals surface area contributed by atoms with E-state index in [0.717, 1.165) is 6.42 Å². The van der Waals surface area contributed by atoms with E-state index in [1.54, 1.807) is 25.3 Å². The molecule has 2 rings (SSSR count). The van der Waals surface area contributed by atoms with Crippen molar-refractivity contribution in [2.45, 2.75) is 19.8 Å². The van der Waals surface area contributed by atoms with Crippen LogP contribution in [0.5, 0.6) is 17.4 Å². The molecular formula is C15H18N2O4. The highest BCUT2D eigenvalue weighted by Gasteiger charge is 2.15. The summed E-state index contributed by atoms with van der Waals surface area (Å²) < 4.78 is 10.4. The highest BCUT2D eigenvalue weighted by Crippen LogP contribution is 2.31. The Kier molecular flexibility index (Phi) is 4.47. The molecule has 112 valence electrons. The molecule has 2 aromatic rings. The van der Waals surface area contributed by atoms with Crippen LogP contribution in [0.4, 0.5) is 0 Å². The van der Waals surface area contributed by atoms with Crippen LogP contribution < -0.4 is 15.0 Å². The minimum Gasteiger partial charge on any atom is -0.497 e. The maximum absolute atomic E-state index is 12.1. The fraction of sp³-hybridized carbons (Fsp3) is 0.333. The largest absolute Gasteiger partial charge is 0.497 e. The van der Waals surface area contributed by atoms with E-state index in [0.29, 0.717) is 29.0 Å². The van der Waals surface area contributed by atoms with Crippen molar-refractivity contribution in [3.8, 4) is 28.8 Å². The van der Waals surface area contributed by atoms with E-state index in [1.807, 2.05) is 6.92 Å². The van der Waals surface area contributed by atoms with Gasteiger partial charge in [-0.05, 0) is 24.6 Å². The third-order valence-electron chi connectivity index (χ3n) is 3.16. The van der Waals surface area contributed by atoms with Crippen LogP contribution >= 0.6 is 0 Å². The zero-order valence-corrected chi connectivity index (χ0v) is 12.3. The van der Waals surface area contributed by atoms with Crippen molar-refractivity contribution >= 4 is 0 Å². The molecule has 6 nitrogen and oxygen atoms in total. The number of aromatic amines is 1. The number of rotatable bonds is 5. The first-order chi connectivity index (χ1) is 10.1. The predicted octanol–water partition coefficient (Wildman–Crippen LogP) is 2.11. The van der Waals surface area contributed by atoms with Crippen molar-refractivity contribution < 1.29 is 14.6 Å². The molecule has 21 heavy (non-hydrogen) atoms. The van der Waals surface area contributed by atoms with E-state index in [4.69, 9.17) is 9.47 Å². The zero-order valence-electron chi connectivity index (χ0n) is 12.3. The van der Waals surface area contributed by atoms with Gasteiger partial charge in [-0.15, -0.1) is 0 Å². The Bertz CT molecular complexity index is 695. The number of nitrogens with zero attached hydrogens (tertiary/aromatic N) is 1. The first-order valence-corrected chi connectivity index (χ1v) is 6.65. The van der Waals surface area contributed by atoms with Gasteiger partial charge in [-0.3, -0.25) is 4.79 Å². The van der Waals surface area contributed by atoms with E-state index in [1.165, 1.54) is 7.11 Å². The van der Waals surface area contributed by atoms with Gasteiger partial charge in [0.05, 0.1) is 25.3 Å². The number of aromatic hydroxyl groups is 1. The summed E-state index contributed by atoms with van der Waals surface area (Å²) >= 11 is 0. The third-order valence-corrected chi connectivity index (χ3v) is 3.16. The number of hydrogen-bond donors (Lipinski definition) is 2. The van der Waals surface area contributed by atoms with Crippen molar-refractivity contribution in [1.82, 2.24) is 9.97 Å². The summed E-state index contributed by atoms with van der Waals surface area (Å²) in [7, 11) is 3.07. The monoisotopic (exact) mass is 290 g/mol. The van der Waals surface area contributed by atoms with Crippen LogP contribution in [0.25, 0.3) is 11.4 Å². The van der Waals surface area contributed by atoms with Gasteiger partial charge in [-0.2, -0.15) is 4.98 Å². The molecule has 1 aromatic carbocycles. The molecule has 2 N–H and O–H groups in total. The first kappa shape index (κ1) is 14.9. The van der Waals surface area contributed by atoms with Crippen LogP contribution in [0, 0.1) is 0 Å². The van der Waals surface area contributed by atoms with Crippen molar-refractivity contribution in [2.24, 2.45) is 0 Å². The lowest BCUT2D eigenvalue weighted by Crippen LogP contribution is -2.15. The molecule has 0 aliphatic carbocycles. The van der Waals surface area contributed by atoms with E-state index >= 15 is 0 Å². The van der Waals surface area contributed by atoms with Gasteiger partial charge in [0.25, 0.3) is 5.56 Å². The summed E-state index contributed by atoms with van der Waals surface area (Å²) in [6, 6.07) is 5.15. The lowest BCUT2D eigenvalue weighted by atomic mass is 10.1. The highest BCUT2D eigenvalue weighted by molar-refractivity contribution is 5.66. The second-order valence-electron chi connectivity index (χ2n) is 4.53. The van der Waals surface area contributed by atoms with Crippen molar-refractivity contribution in [1.29, 1.82) is 0 Å². The molecular weight excluding hydrogens is 272 g/mol. The molecule has 0 atom stereocenters. The molecule has 0 fully saturated rings. The van der Waals surface area contributed by atoms with Crippen LogP contribution in [0.1, 0.15) is 18.9 Å². The van der Waals surface area contributed by atoms with Crippen LogP contribution in [-0.4, -0.2) is 29.3 Å². The molecule has 0 saturated heterocycles. The standard InChI is InChI=1S/C15H18N2O4/c1-4-5-10-14(18)16-13(17-15(10)19)11-8-9(20-2)6-7-12(11)21-3/h6-8H,4-5H2,1-3H3,(H2,16,17,18,19). The molecule has 0 spiro atoms. The van der Waals surface area contributed by atoms with Gasteiger partial charge in [0.2, 0.25) is 5.88 Å². The molecule has 0 amide bonds. The number of H-pyrrole nitrogens is 1. The van der Waals surface area contributed by atoms with E-state index in [9.17, 15) is 9.90 Å². The van der Waals surface area contributed by atoms with Crippen molar-refractivity contribution in [3.63, 3.8) is 0 Å². The maximum Gasteiger partial charge on any atom is 0.258 e. The lowest BCUT2D eigenvalue weighted by molar-refractivity contribution is 0.404. The number of hydrogen-bond acceptors (Lipinski definition) is 5. The molecule has 0 aliphatic heterocycles. The quantitative estimate of drug-likeness (QED) is 0.881. The number of ether oxygens (including phenoxy) is 2. The normalized spacial score (nSPS) is 10.4. The number of aromatic nitrogens is 2. The van der Waals surface area contributed by atoms with E-state index < -0.39 is 0 Å². The Balaban J connectivity index is 2.59. The van der Waals surface area contributed by atoms with Crippen LogP contribution in [0.3, 0.4) is 0 Å². The van der Waals surface area contributed by atoms with E-state index in [-0.39, 0.29) is 17.3 Å². The Labute approximate surface area is 122 Å². The molecule has 1 aromatic heterocycles. The van der Waals surface area contributed by atoms with Crippen LogP contribution in [-0.2, 0) is 6.42 Å². The Morgan fingerprint density at radius 1 is 1.29 bits per heavy atom. The average Bonchev–Trinajstić information content (AvgIpc) is 2.50. The fourth-order valence-corrected chi connectivity index (χ4v) is 2.09. The third kappa shape index (κ3) is 2.99. The Morgan fingerprint density at radius 2 is 2.05 bits per heavy atom. The molecule has 6 heteroatoms. The van der Waals surface area contributed by atoms with Gasteiger partial charge in [0.1, 0.15) is 17.3 Å². The summed E-state index contributed by atoms with van der Waals surface area (Å²) in [5, 5.41) is 9.95. The smallest absolute Gasteiger partial charge is 0.258 e. The van der Waals surface area contributed by atoms with Crippen LogP contribution in [0.2, 0.25) is 0 Å². The van der Waals surface area contributed by atoms with E-state index in [2.05, 4.69) is 9.97 Å². The Morgan fingerprint density at radius 3 is 2.62 bits per heavy atom. The summed E-state index contributed by atoms with van der Waals surface area (Å²) in [6.45, 7) is 1.93. The van der Waals surface area contributed by atoms with Gasteiger partial charge in [-0.25, -0.2) is 0 Å². The highest BCUT2D eigenvalue weighted by atomic mass is 16.5. The molecule has 0 aliphatic rings. The minimum absolute atomic E-state index is 0.244. The fourth-order valence-electron chi connectivity index (χ4n) is 2.09. The topological polar surface area (TPSA) is 84.4 Å². The maximum atomic E-state index is 12.1. The van der Waals surface area contributed by atoms with Gasteiger partial charge >= 0.3 is 0 Å². The SMILES string of the molecule is CCCc1c(O)nc(-c2cc(OC)ccc2OC)[nH]c1=O.